The number of rotatable bonds is 21. The molecule has 0 aliphatic heterocycles. The van der Waals surface area contributed by atoms with E-state index >= 15 is 0 Å². The molecule has 2 aromatic heterocycles. The lowest BCUT2D eigenvalue weighted by Gasteiger charge is -2.07. The molecule has 2 heterocycles. The number of hydrogen-bond acceptors (Lipinski definition) is 5. The van der Waals surface area contributed by atoms with Crippen molar-refractivity contribution in [2.45, 2.75) is 117 Å². The molecular formula is C29H47N3O2. The molecule has 0 aromatic carbocycles. The fraction of sp³-hybridized carbons (Fsp3) is 0.690. The van der Waals surface area contributed by atoms with Crippen molar-refractivity contribution < 1.29 is 9.47 Å². The topological polar surface area (TPSA) is 57.1 Å². The maximum atomic E-state index is 5.81. The van der Waals surface area contributed by atoms with Crippen LogP contribution >= 0.6 is 0 Å². The molecular weight excluding hydrogens is 422 g/mol. The molecule has 0 fully saturated rings. The number of nitrogens with zero attached hydrogens (tertiary/aromatic N) is 3. The molecule has 0 spiro atoms. The molecule has 0 radical (unpaired) electrons. The van der Waals surface area contributed by atoms with Gasteiger partial charge in [-0.3, -0.25) is 0 Å². The summed E-state index contributed by atoms with van der Waals surface area (Å²) in [7, 11) is 0. The summed E-state index contributed by atoms with van der Waals surface area (Å²) >= 11 is 0. The fourth-order valence-electron chi connectivity index (χ4n) is 3.99. The fourth-order valence-corrected chi connectivity index (χ4v) is 3.99. The van der Waals surface area contributed by atoms with Crippen molar-refractivity contribution >= 4 is 0 Å². The summed E-state index contributed by atoms with van der Waals surface area (Å²) in [5.74, 6) is 1.26. The van der Waals surface area contributed by atoms with E-state index in [9.17, 15) is 0 Å². The lowest BCUT2D eigenvalue weighted by Crippen LogP contribution is -2.01. The normalized spacial score (nSPS) is 11.0. The van der Waals surface area contributed by atoms with Crippen molar-refractivity contribution in [3.63, 3.8) is 0 Å². The van der Waals surface area contributed by atoms with E-state index in [2.05, 4.69) is 29.0 Å². The van der Waals surface area contributed by atoms with Crippen LogP contribution < -0.4 is 9.47 Å². The summed E-state index contributed by atoms with van der Waals surface area (Å²) in [5, 5.41) is 8.50. The van der Waals surface area contributed by atoms with Gasteiger partial charge < -0.3 is 9.47 Å². The average molecular weight is 470 g/mol. The van der Waals surface area contributed by atoms with Gasteiger partial charge in [-0.2, -0.15) is 0 Å². The number of ether oxygens (including phenoxy) is 2. The Bertz CT molecular complexity index is 719. The lowest BCUT2D eigenvalue weighted by molar-refractivity contribution is 0.290. The molecule has 0 saturated heterocycles. The van der Waals surface area contributed by atoms with Crippen LogP contribution in [0.1, 0.15) is 117 Å². The van der Waals surface area contributed by atoms with Gasteiger partial charge in [0.15, 0.2) is 0 Å². The van der Waals surface area contributed by atoms with Crippen molar-refractivity contribution in [2.75, 3.05) is 13.2 Å². The summed E-state index contributed by atoms with van der Waals surface area (Å²) in [5.41, 5.74) is 1.72. The standard InChI is InChI=1S/C29H47N3O2/c1-3-5-7-9-11-12-13-14-16-17-23-33-28-21-19-26(25-30-28)27-20-22-29(32-31-27)34-24-18-15-10-8-6-4-2/h19-22,25H,3-18,23-24H2,1-2H3. The van der Waals surface area contributed by atoms with Gasteiger partial charge in [-0.15, -0.1) is 10.2 Å². The first-order valence-corrected chi connectivity index (χ1v) is 13.9. The Labute approximate surface area is 208 Å². The monoisotopic (exact) mass is 469 g/mol. The van der Waals surface area contributed by atoms with Crippen molar-refractivity contribution in [2.24, 2.45) is 0 Å². The first-order valence-electron chi connectivity index (χ1n) is 13.9. The van der Waals surface area contributed by atoms with Crippen LogP contribution in [0.15, 0.2) is 30.5 Å². The predicted molar refractivity (Wildman–Crippen MR) is 141 cm³/mol. The van der Waals surface area contributed by atoms with Gasteiger partial charge in [-0.25, -0.2) is 4.98 Å². The third-order valence-corrected chi connectivity index (χ3v) is 6.17. The minimum Gasteiger partial charge on any atom is -0.478 e. The van der Waals surface area contributed by atoms with Gasteiger partial charge in [-0.1, -0.05) is 104 Å². The van der Waals surface area contributed by atoms with Crippen LogP contribution in [0, 0.1) is 0 Å². The summed E-state index contributed by atoms with van der Waals surface area (Å²) < 4.78 is 11.5. The second-order valence-corrected chi connectivity index (χ2v) is 9.29. The van der Waals surface area contributed by atoms with E-state index in [1.807, 2.05) is 24.3 Å². The molecule has 0 N–H and O–H groups in total. The molecule has 5 nitrogen and oxygen atoms in total. The van der Waals surface area contributed by atoms with Crippen LogP contribution in [0.25, 0.3) is 11.3 Å². The van der Waals surface area contributed by atoms with E-state index in [1.54, 1.807) is 6.20 Å². The van der Waals surface area contributed by atoms with Crippen molar-refractivity contribution in [3.8, 4) is 23.0 Å². The molecule has 5 heteroatoms. The van der Waals surface area contributed by atoms with E-state index in [0.717, 1.165) is 30.7 Å². The van der Waals surface area contributed by atoms with Gasteiger partial charge in [0, 0.05) is 23.9 Å². The average Bonchev–Trinajstić information content (AvgIpc) is 2.87. The zero-order valence-corrected chi connectivity index (χ0v) is 21.8. The van der Waals surface area contributed by atoms with Crippen LogP contribution in [0.2, 0.25) is 0 Å². The number of hydrogen-bond donors (Lipinski definition) is 0. The zero-order chi connectivity index (χ0) is 24.1. The quantitative estimate of drug-likeness (QED) is 0.171. The van der Waals surface area contributed by atoms with Gasteiger partial charge >= 0.3 is 0 Å². The van der Waals surface area contributed by atoms with Crippen LogP contribution in [-0.4, -0.2) is 28.4 Å². The summed E-state index contributed by atoms with van der Waals surface area (Å²) in [6.45, 7) is 5.94. The third kappa shape index (κ3) is 12.9. The molecule has 0 atom stereocenters. The molecule has 2 aromatic rings. The van der Waals surface area contributed by atoms with Crippen molar-refractivity contribution in [3.05, 3.63) is 30.5 Å². The van der Waals surface area contributed by atoms with E-state index in [4.69, 9.17) is 9.47 Å². The number of aromatic nitrogens is 3. The molecule has 34 heavy (non-hydrogen) atoms. The van der Waals surface area contributed by atoms with Crippen LogP contribution in [0.3, 0.4) is 0 Å². The highest BCUT2D eigenvalue weighted by Gasteiger charge is 2.04. The summed E-state index contributed by atoms with van der Waals surface area (Å²) in [4.78, 5) is 4.43. The largest absolute Gasteiger partial charge is 0.478 e. The molecule has 0 unspecified atom stereocenters. The second kappa shape index (κ2) is 19.2. The van der Waals surface area contributed by atoms with Gasteiger partial charge in [0.05, 0.1) is 18.9 Å². The van der Waals surface area contributed by atoms with Crippen LogP contribution in [-0.2, 0) is 0 Å². The van der Waals surface area contributed by atoms with E-state index < -0.39 is 0 Å². The van der Waals surface area contributed by atoms with Gasteiger partial charge in [0.25, 0.3) is 0 Å². The zero-order valence-electron chi connectivity index (χ0n) is 21.8. The number of pyridine rings is 1. The first kappa shape index (κ1) is 28.1. The lowest BCUT2D eigenvalue weighted by atomic mass is 10.1. The third-order valence-electron chi connectivity index (χ3n) is 6.17. The first-order chi connectivity index (χ1) is 16.8. The van der Waals surface area contributed by atoms with Crippen LogP contribution in [0.4, 0.5) is 0 Å². The Kier molecular flexibility index (Phi) is 15.8. The molecule has 190 valence electrons. The van der Waals surface area contributed by atoms with Gasteiger partial charge in [0.2, 0.25) is 11.8 Å². The minimum absolute atomic E-state index is 0.585. The van der Waals surface area contributed by atoms with E-state index in [-0.39, 0.29) is 0 Å². The highest BCUT2D eigenvalue weighted by molar-refractivity contribution is 5.57. The predicted octanol–water partition coefficient (Wildman–Crippen LogP) is 8.58. The van der Waals surface area contributed by atoms with Crippen LogP contribution in [0.5, 0.6) is 11.8 Å². The minimum atomic E-state index is 0.585. The maximum Gasteiger partial charge on any atom is 0.233 e. The summed E-state index contributed by atoms with van der Waals surface area (Å²) in [6, 6.07) is 7.72. The van der Waals surface area contributed by atoms with E-state index in [1.165, 1.54) is 89.9 Å². The molecule has 0 aliphatic rings. The Morgan fingerprint density at radius 2 is 1.03 bits per heavy atom. The Morgan fingerprint density at radius 3 is 1.50 bits per heavy atom. The van der Waals surface area contributed by atoms with E-state index in [0.29, 0.717) is 18.4 Å². The molecule has 0 aliphatic carbocycles. The molecule has 2 rings (SSSR count). The SMILES string of the molecule is CCCCCCCCCCCCOc1ccc(-c2ccc(OCCCCCCCC)nn2)cn1. The van der Waals surface area contributed by atoms with Gasteiger partial charge in [-0.05, 0) is 25.0 Å². The van der Waals surface area contributed by atoms with Crippen molar-refractivity contribution in [1.82, 2.24) is 15.2 Å². The van der Waals surface area contributed by atoms with Crippen molar-refractivity contribution in [1.29, 1.82) is 0 Å². The molecule has 0 amide bonds. The molecule has 0 bridgehead atoms. The summed E-state index contributed by atoms with van der Waals surface area (Å²) in [6.07, 6.45) is 22.6. The second-order valence-electron chi connectivity index (χ2n) is 9.29. The highest BCUT2D eigenvalue weighted by atomic mass is 16.5. The highest BCUT2D eigenvalue weighted by Crippen LogP contribution is 2.19. The molecule has 0 saturated carbocycles. The van der Waals surface area contributed by atoms with Gasteiger partial charge in [0.1, 0.15) is 0 Å². The Hall–Kier alpha value is -2.17. The Morgan fingerprint density at radius 1 is 0.529 bits per heavy atom. The number of unbranched alkanes of at least 4 members (excludes halogenated alkanes) is 14. The Balaban J connectivity index is 1.56. The maximum absolute atomic E-state index is 5.81. The smallest absolute Gasteiger partial charge is 0.233 e.